The minimum atomic E-state index is -4.59. The van der Waals surface area contributed by atoms with Gasteiger partial charge in [-0.3, -0.25) is 4.79 Å². The van der Waals surface area contributed by atoms with Crippen LogP contribution in [-0.4, -0.2) is 39.2 Å². The molecular weight excluding hydrogens is 326 g/mol. The Morgan fingerprint density at radius 2 is 2.00 bits per heavy atom. The maximum Gasteiger partial charge on any atom is 0.341 e. The van der Waals surface area contributed by atoms with Gasteiger partial charge in [-0.25, -0.2) is 8.42 Å². The number of nitrogens with one attached hydrogen (secondary N) is 2. The summed E-state index contributed by atoms with van der Waals surface area (Å²) in [5, 5.41) is 6.21. The molecule has 1 heterocycles. The molecule has 0 radical (unpaired) electrons. The van der Waals surface area contributed by atoms with Crippen molar-refractivity contribution in [2.24, 2.45) is 5.92 Å². The molecular formula is C15H20F2N2O3S. The number of piperidine rings is 1. The fourth-order valence-corrected chi connectivity index (χ4v) is 3.29. The van der Waals surface area contributed by atoms with Gasteiger partial charge < -0.3 is 10.6 Å². The number of sulfone groups is 1. The number of alkyl halides is 2. The molecule has 23 heavy (non-hydrogen) atoms. The van der Waals surface area contributed by atoms with Crippen LogP contribution in [0.4, 0.5) is 8.78 Å². The fraction of sp³-hybridized carbons (Fsp3) is 0.533. The van der Waals surface area contributed by atoms with E-state index in [2.05, 4.69) is 17.6 Å². The average Bonchev–Trinajstić information content (AvgIpc) is 2.50. The van der Waals surface area contributed by atoms with E-state index < -0.39 is 20.5 Å². The first-order valence-corrected chi connectivity index (χ1v) is 8.96. The second-order valence-corrected chi connectivity index (χ2v) is 7.69. The molecule has 1 saturated heterocycles. The number of halogens is 2. The van der Waals surface area contributed by atoms with Crippen molar-refractivity contribution in [1.82, 2.24) is 10.6 Å². The largest absolute Gasteiger partial charge is 0.353 e. The second kappa shape index (κ2) is 7.35. The Morgan fingerprint density at radius 1 is 1.35 bits per heavy atom. The van der Waals surface area contributed by atoms with Crippen LogP contribution in [0.3, 0.4) is 0 Å². The van der Waals surface area contributed by atoms with Crippen molar-refractivity contribution >= 4 is 15.7 Å². The Kier molecular flexibility index (Phi) is 5.69. The minimum Gasteiger partial charge on any atom is -0.353 e. The van der Waals surface area contributed by atoms with Crippen LogP contribution < -0.4 is 10.6 Å². The Bertz CT molecular complexity index is 647. The molecule has 0 spiro atoms. The lowest BCUT2D eigenvalue weighted by atomic mass is 9.95. The van der Waals surface area contributed by atoms with E-state index in [-0.39, 0.29) is 18.4 Å². The zero-order valence-electron chi connectivity index (χ0n) is 12.8. The van der Waals surface area contributed by atoms with Gasteiger partial charge in [0.1, 0.15) is 0 Å². The van der Waals surface area contributed by atoms with E-state index in [9.17, 15) is 22.0 Å². The minimum absolute atomic E-state index is 0.0889. The molecule has 5 nitrogen and oxygen atoms in total. The van der Waals surface area contributed by atoms with E-state index in [1.54, 1.807) is 0 Å². The summed E-state index contributed by atoms with van der Waals surface area (Å²) >= 11 is 0. The van der Waals surface area contributed by atoms with Gasteiger partial charge in [0.2, 0.25) is 15.7 Å². The van der Waals surface area contributed by atoms with Crippen molar-refractivity contribution in [3.63, 3.8) is 0 Å². The topological polar surface area (TPSA) is 75.3 Å². The first-order valence-electron chi connectivity index (χ1n) is 7.42. The lowest BCUT2D eigenvalue weighted by molar-refractivity contribution is -0.121. The smallest absolute Gasteiger partial charge is 0.341 e. The Hall–Kier alpha value is -1.54. The lowest BCUT2D eigenvalue weighted by Crippen LogP contribution is -2.48. The zero-order chi connectivity index (χ0) is 17.0. The molecule has 1 aliphatic heterocycles. The molecule has 1 aromatic rings. The summed E-state index contributed by atoms with van der Waals surface area (Å²) in [5.41, 5.74) is 0.581. The van der Waals surface area contributed by atoms with Gasteiger partial charge in [0.25, 0.3) is 0 Å². The first-order chi connectivity index (χ1) is 10.8. The van der Waals surface area contributed by atoms with Crippen molar-refractivity contribution in [3.8, 4) is 0 Å². The molecule has 2 N–H and O–H groups in total. The third kappa shape index (κ3) is 4.48. The Morgan fingerprint density at radius 3 is 2.57 bits per heavy atom. The van der Waals surface area contributed by atoms with Gasteiger partial charge in [-0.15, -0.1) is 0 Å². The second-order valence-electron chi connectivity index (χ2n) is 5.77. The molecule has 0 aliphatic carbocycles. The van der Waals surface area contributed by atoms with Crippen LogP contribution in [0.15, 0.2) is 29.2 Å². The molecule has 1 amide bonds. The van der Waals surface area contributed by atoms with Crippen LogP contribution in [0, 0.1) is 5.92 Å². The number of benzene rings is 1. The van der Waals surface area contributed by atoms with Crippen molar-refractivity contribution in [2.45, 2.75) is 36.5 Å². The predicted molar refractivity (Wildman–Crippen MR) is 81.9 cm³/mol. The summed E-state index contributed by atoms with van der Waals surface area (Å²) in [5.74, 6) is -3.27. The summed E-state index contributed by atoms with van der Waals surface area (Å²) in [6.07, 6.45) is 0.949. The molecule has 1 aromatic carbocycles. The van der Waals surface area contributed by atoms with E-state index in [1.165, 1.54) is 12.1 Å². The highest BCUT2D eigenvalue weighted by molar-refractivity contribution is 7.91. The first kappa shape index (κ1) is 17.8. The number of carbonyl (C=O) groups is 1. The number of amides is 1. The molecule has 8 heteroatoms. The van der Waals surface area contributed by atoms with E-state index in [4.69, 9.17) is 0 Å². The zero-order valence-corrected chi connectivity index (χ0v) is 13.6. The van der Waals surface area contributed by atoms with Crippen LogP contribution in [0.2, 0.25) is 0 Å². The molecule has 128 valence electrons. The molecule has 0 saturated carbocycles. The van der Waals surface area contributed by atoms with E-state index >= 15 is 0 Å². The van der Waals surface area contributed by atoms with Crippen LogP contribution in [0.1, 0.15) is 18.9 Å². The van der Waals surface area contributed by atoms with Crippen LogP contribution in [0.25, 0.3) is 0 Å². The third-order valence-corrected chi connectivity index (χ3v) is 5.38. The number of hydrogen-bond donors (Lipinski definition) is 2. The van der Waals surface area contributed by atoms with Crippen molar-refractivity contribution in [2.75, 3.05) is 13.1 Å². The molecule has 0 aromatic heterocycles. The summed E-state index contributed by atoms with van der Waals surface area (Å²) in [4.78, 5) is 11.6. The maximum atomic E-state index is 12.4. The van der Waals surface area contributed by atoms with Crippen molar-refractivity contribution < 1.29 is 22.0 Å². The summed E-state index contributed by atoms with van der Waals surface area (Å²) in [6, 6.07) is 5.11. The highest BCUT2D eigenvalue weighted by atomic mass is 32.2. The molecule has 2 unspecified atom stereocenters. The highest BCUT2D eigenvalue weighted by Gasteiger charge is 2.26. The van der Waals surface area contributed by atoms with Crippen molar-refractivity contribution in [1.29, 1.82) is 0 Å². The normalized spacial score (nSPS) is 22.1. The van der Waals surface area contributed by atoms with Gasteiger partial charge in [-0.2, -0.15) is 8.78 Å². The van der Waals surface area contributed by atoms with Crippen LogP contribution >= 0.6 is 0 Å². The van der Waals surface area contributed by atoms with Gasteiger partial charge in [0.15, 0.2) is 0 Å². The average molecular weight is 346 g/mol. The Balaban J connectivity index is 1.97. The summed E-state index contributed by atoms with van der Waals surface area (Å²) in [7, 11) is -4.59. The van der Waals surface area contributed by atoms with E-state index in [0.717, 1.165) is 31.6 Å². The molecule has 2 atom stereocenters. The summed E-state index contributed by atoms with van der Waals surface area (Å²) in [6.45, 7) is 3.77. The quantitative estimate of drug-likeness (QED) is 0.844. The summed E-state index contributed by atoms with van der Waals surface area (Å²) < 4.78 is 47.6. The Labute approximate surface area is 134 Å². The van der Waals surface area contributed by atoms with E-state index in [0.29, 0.717) is 11.5 Å². The number of hydrogen-bond acceptors (Lipinski definition) is 4. The third-order valence-electron chi connectivity index (χ3n) is 3.98. The fourth-order valence-electron chi connectivity index (χ4n) is 2.57. The van der Waals surface area contributed by atoms with Crippen LogP contribution in [0.5, 0.6) is 0 Å². The highest BCUT2D eigenvalue weighted by Crippen LogP contribution is 2.19. The molecule has 1 aliphatic rings. The van der Waals surface area contributed by atoms with Gasteiger partial charge in [-0.1, -0.05) is 19.1 Å². The van der Waals surface area contributed by atoms with Gasteiger partial charge >= 0.3 is 5.76 Å². The van der Waals surface area contributed by atoms with E-state index in [1.807, 2.05) is 0 Å². The van der Waals surface area contributed by atoms with Crippen LogP contribution in [-0.2, 0) is 21.1 Å². The van der Waals surface area contributed by atoms with Gasteiger partial charge in [0.05, 0.1) is 11.3 Å². The number of rotatable bonds is 5. The monoisotopic (exact) mass is 346 g/mol. The maximum absolute atomic E-state index is 12.4. The molecule has 0 bridgehead atoms. The SMILES string of the molecule is CC1CNCCC1NC(=O)Cc1ccc(S(=O)(=O)C(F)F)cc1. The van der Waals surface area contributed by atoms with Gasteiger partial charge in [0, 0.05) is 6.04 Å². The molecule has 2 rings (SSSR count). The standard InChI is InChI=1S/C15H20F2N2O3S/c1-10-9-18-7-6-13(10)19-14(20)8-11-2-4-12(5-3-11)23(21,22)15(16)17/h2-5,10,13,15,18H,6-9H2,1H3,(H,19,20). The lowest BCUT2D eigenvalue weighted by Gasteiger charge is -2.30. The van der Waals surface area contributed by atoms with Gasteiger partial charge in [-0.05, 0) is 43.1 Å². The molecule has 1 fully saturated rings. The number of carbonyl (C=O) groups excluding carboxylic acids is 1. The predicted octanol–water partition coefficient (Wildman–Crippen LogP) is 1.34. The van der Waals surface area contributed by atoms with Crippen molar-refractivity contribution in [3.05, 3.63) is 29.8 Å².